The fourth-order valence-corrected chi connectivity index (χ4v) is 4.17. The lowest BCUT2D eigenvalue weighted by Crippen LogP contribution is -2.24. The van der Waals surface area contributed by atoms with Crippen molar-refractivity contribution in [1.29, 1.82) is 0 Å². The van der Waals surface area contributed by atoms with Gasteiger partial charge in [0.25, 0.3) is 5.91 Å². The van der Waals surface area contributed by atoms with Crippen LogP contribution in [0, 0.1) is 0 Å². The molecule has 0 aliphatic carbocycles. The van der Waals surface area contributed by atoms with Crippen molar-refractivity contribution in [2.45, 2.75) is 17.5 Å². The number of nitrogens with one attached hydrogen (secondary N) is 2. The Labute approximate surface area is 185 Å². The summed E-state index contributed by atoms with van der Waals surface area (Å²) in [5.74, 6) is 1.82. The second kappa shape index (κ2) is 9.57. The smallest absolute Gasteiger partial charge is 0.251 e. The molecule has 4 rings (SSSR count). The molecular weight excluding hydrogens is 410 g/mol. The van der Waals surface area contributed by atoms with E-state index in [2.05, 4.69) is 15.3 Å². The molecule has 7 heteroatoms. The van der Waals surface area contributed by atoms with Crippen molar-refractivity contribution in [3.05, 3.63) is 83.4 Å². The van der Waals surface area contributed by atoms with Crippen LogP contribution >= 0.6 is 11.8 Å². The van der Waals surface area contributed by atoms with Gasteiger partial charge in [-0.15, -0.1) is 0 Å². The van der Waals surface area contributed by atoms with E-state index >= 15 is 0 Å². The number of ether oxygens (including phenoxy) is 2. The first-order valence-corrected chi connectivity index (χ1v) is 10.8. The highest BCUT2D eigenvalue weighted by Gasteiger charge is 2.13. The highest BCUT2D eigenvalue weighted by atomic mass is 32.2. The zero-order valence-electron chi connectivity index (χ0n) is 17.3. The van der Waals surface area contributed by atoms with Gasteiger partial charge >= 0.3 is 0 Å². The fraction of sp³-hybridized carbons (Fsp3) is 0.167. The molecule has 158 valence electrons. The number of methoxy groups -OCH3 is 2. The van der Waals surface area contributed by atoms with Gasteiger partial charge < -0.3 is 19.8 Å². The zero-order chi connectivity index (χ0) is 21.6. The second-order valence-corrected chi connectivity index (χ2v) is 7.84. The number of amides is 1. The quantitative estimate of drug-likeness (QED) is 0.390. The molecule has 0 unspecified atom stereocenters. The molecule has 0 saturated carbocycles. The molecule has 3 aromatic carbocycles. The number of thioether (sulfide) groups is 1. The van der Waals surface area contributed by atoms with Crippen molar-refractivity contribution in [2.75, 3.05) is 14.2 Å². The molecule has 0 radical (unpaired) electrons. The van der Waals surface area contributed by atoms with E-state index in [0.717, 1.165) is 27.3 Å². The van der Waals surface area contributed by atoms with E-state index in [9.17, 15) is 4.79 Å². The van der Waals surface area contributed by atoms with Crippen LogP contribution in [0.2, 0.25) is 0 Å². The Balaban J connectivity index is 1.43. The minimum Gasteiger partial charge on any atom is -0.493 e. The number of benzene rings is 3. The maximum Gasteiger partial charge on any atom is 0.251 e. The van der Waals surface area contributed by atoms with Crippen molar-refractivity contribution < 1.29 is 14.3 Å². The second-order valence-electron chi connectivity index (χ2n) is 6.88. The third kappa shape index (κ3) is 4.83. The highest BCUT2D eigenvalue weighted by molar-refractivity contribution is 7.98. The topological polar surface area (TPSA) is 76.2 Å². The molecule has 0 aliphatic rings. The molecule has 1 heterocycles. The summed E-state index contributed by atoms with van der Waals surface area (Å²) in [4.78, 5) is 20.8. The van der Waals surface area contributed by atoms with Crippen LogP contribution < -0.4 is 14.8 Å². The Morgan fingerprint density at radius 3 is 2.58 bits per heavy atom. The monoisotopic (exact) mass is 433 g/mol. The van der Waals surface area contributed by atoms with Crippen LogP contribution in [-0.2, 0) is 12.3 Å². The van der Waals surface area contributed by atoms with Crippen molar-refractivity contribution >= 4 is 28.7 Å². The molecule has 0 atom stereocenters. The first-order chi connectivity index (χ1) is 15.2. The van der Waals surface area contributed by atoms with Crippen molar-refractivity contribution in [3.8, 4) is 11.5 Å². The first kappa shape index (κ1) is 20.8. The number of aromatic nitrogens is 2. The summed E-state index contributed by atoms with van der Waals surface area (Å²) in [7, 11) is 3.19. The van der Waals surface area contributed by atoms with E-state index in [1.807, 2.05) is 66.7 Å². The molecule has 31 heavy (non-hydrogen) atoms. The number of para-hydroxylation sites is 2. The lowest BCUT2D eigenvalue weighted by atomic mass is 10.1. The van der Waals surface area contributed by atoms with Crippen LogP contribution in [0.1, 0.15) is 21.5 Å². The number of carbonyl (C=O) groups is 1. The van der Waals surface area contributed by atoms with Crippen molar-refractivity contribution in [2.24, 2.45) is 0 Å². The van der Waals surface area contributed by atoms with Crippen molar-refractivity contribution in [3.63, 3.8) is 0 Å². The van der Waals surface area contributed by atoms with E-state index in [0.29, 0.717) is 29.4 Å². The molecule has 0 saturated heterocycles. The Kier molecular flexibility index (Phi) is 6.43. The first-order valence-electron chi connectivity index (χ1n) is 9.82. The van der Waals surface area contributed by atoms with E-state index in [-0.39, 0.29) is 5.91 Å². The number of imidazole rings is 1. The van der Waals surface area contributed by atoms with Gasteiger partial charge in [0.2, 0.25) is 0 Å². The molecule has 4 aromatic rings. The highest BCUT2D eigenvalue weighted by Crippen LogP contribution is 2.28. The summed E-state index contributed by atoms with van der Waals surface area (Å²) in [6, 6.07) is 21.2. The number of aromatic amines is 1. The van der Waals surface area contributed by atoms with E-state index < -0.39 is 0 Å². The lowest BCUT2D eigenvalue weighted by molar-refractivity contribution is 0.0950. The van der Waals surface area contributed by atoms with Gasteiger partial charge in [0.05, 0.1) is 25.3 Å². The van der Waals surface area contributed by atoms with E-state index in [4.69, 9.17) is 9.47 Å². The minimum atomic E-state index is -0.115. The van der Waals surface area contributed by atoms with E-state index in [1.165, 1.54) is 0 Å². The minimum absolute atomic E-state index is 0.115. The third-order valence-electron chi connectivity index (χ3n) is 4.90. The largest absolute Gasteiger partial charge is 0.493 e. The van der Waals surface area contributed by atoms with Gasteiger partial charge in [-0.1, -0.05) is 48.2 Å². The average Bonchev–Trinajstić information content (AvgIpc) is 3.24. The van der Waals surface area contributed by atoms with Crippen LogP contribution in [-0.4, -0.2) is 30.1 Å². The van der Waals surface area contributed by atoms with Crippen LogP contribution in [0.25, 0.3) is 11.0 Å². The van der Waals surface area contributed by atoms with Crippen LogP contribution in [0.15, 0.2) is 71.9 Å². The van der Waals surface area contributed by atoms with Crippen molar-refractivity contribution in [1.82, 2.24) is 15.3 Å². The number of H-pyrrole nitrogens is 1. The molecule has 6 nitrogen and oxygen atoms in total. The Bertz CT molecular complexity index is 1170. The number of hydrogen-bond donors (Lipinski definition) is 2. The maximum atomic E-state index is 12.9. The van der Waals surface area contributed by atoms with Gasteiger partial charge in [-0.05, 0) is 41.5 Å². The standard InChI is InChI=1S/C24H23N3O3S/c1-29-21-12-11-16(13-22(21)30-2)14-25-23(28)18-8-4-3-7-17(18)15-31-24-26-19-9-5-6-10-20(19)27-24/h3-13H,14-15H2,1-2H3,(H,25,28)(H,26,27). The van der Waals surface area contributed by atoms with Gasteiger partial charge in [-0.25, -0.2) is 4.98 Å². The molecule has 2 N–H and O–H groups in total. The molecule has 0 spiro atoms. The summed E-state index contributed by atoms with van der Waals surface area (Å²) >= 11 is 1.58. The summed E-state index contributed by atoms with van der Waals surface area (Å²) in [6.45, 7) is 0.393. The molecule has 0 aliphatic heterocycles. The number of rotatable bonds is 8. The summed E-state index contributed by atoms with van der Waals surface area (Å²) in [6.07, 6.45) is 0. The Morgan fingerprint density at radius 2 is 1.77 bits per heavy atom. The molecule has 1 aromatic heterocycles. The summed E-state index contributed by atoms with van der Waals surface area (Å²) < 4.78 is 10.6. The SMILES string of the molecule is COc1ccc(CNC(=O)c2ccccc2CSc2nc3ccccc3[nH]2)cc1OC. The molecular formula is C24H23N3O3S. The normalized spacial score (nSPS) is 10.8. The maximum absolute atomic E-state index is 12.9. The van der Waals surface area contributed by atoms with Gasteiger partial charge in [0, 0.05) is 17.9 Å². The van der Waals surface area contributed by atoms with Crippen LogP contribution in [0.4, 0.5) is 0 Å². The zero-order valence-corrected chi connectivity index (χ0v) is 18.2. The van der Waals surface area contributed by atoms with Gasteiger partial charge in [-0.3, -0.25) is 4.79 Å². The molecule has 0 bridgehead atoms. The third-order valence-corrected chi connectivity index (χ3v) is 5.82. The predicted molar refractivity (Wildman–Crippen MR) is 123 cm³/mol. The molecule has 0 fully saturated rings. The van der Waals surface area contributed by atoms with E-state index in [1.54, 1.807) is 26.0 Å². The van der Waals surface area contributed by atoms with Gasteiger partial charge in [0.1, 0.15) is 0 Å². The average molecular weight is 434 g/mol. The Morgan fingerprint density at radius 1 is 1.00 bits per heavy atom. The van der Waals surface area contributed by atoms with Crippen LogP contribution in [0.5, 0.6) is 11.5 Å². The number of hydrogen-bond acceptors (Lipinski definition) is 5. The number of nitrogens with zero attached hydrogens (tertiary/aromatic N) is 1. The van der Waals surface area contributed by atoms with Crippen LogP contribution in [0.3, 0.4) is 0 Å². The predicted octanol–water partition coefficient (Wildman–Crippen LogP) is 4.80. The summed E-state index contributed by atoms with van der Waals surface area (Å²) in [5, 5.41) is 3.83. The van der Waals surface area contributed by atoms with Gasteiger partial charge in [0.15, 0.2) is 16.7 Å². The Hall–Kier alpha value is -3.45. The number of carbonyl (C=O) groups excluding carboxylic acids is 1. The summed E-state index contributed by atoms with van der Waals surface area (Å²) in [5.41, 5.74) is 4.49. The number of fused-ring (bicyclic) bond motifs is 1. The molecule has 1 amide bonds. The lowest BCUT2D eigenvalue weighted by Gasteiger charge is -2.12. The fourth-order valence-electron chi connectivity index (χ4n) is 3.28. The van der Waals surface area contributed by atoms with Gasteiger partial charge in [-0.2, -0.15) is 0 Å².